The molecule has 1 heterocycles. The van der Waals surface area contributed by atoms with Crippen molar-refractivity contribution in [1.82, 2.24) is 5.32 Å². The van der Waals surface area contributed by atoms with Gasteiger partial charge in [-0.15, -0.1) is 12.4 Å². The van der Waals surface area contributed by atoms with Crippen LogP contribution in [0.15, 0.2) is 24.3 Å². The number of hydrogen-bond donors (Lipinski definition) is 2. The van der Waals surface area contributed by atoms with Gasteiger partial charge in [0.2, 0.25) is 11.8 Å². The number of carbonyl (C=O) groups is 2. The van der Waals surface area contributed by atoms with Gasteiger partial charge in [-0.25, -0.2) is 0 Å². The van der Waals surface area contributed by atoms with Gasteiger partial charge in [0, 0.05) is 19.3 Å². The SMILES string of the molecule is COCC(N)C(=O)NC1CCCN(c2ccc(C)cc2)C1=O.Cl. The number of rotatable bonds is 5. The Hall–Kier alpha value is -1.63. The van der Waals surface area contributed by atoms with Crippen LogP contribution in [0.25, 0.3) is 0 Å². The number of benzene rings is 1. The number of nitrogens with one attached hydrogen (secondary N) is 1. The summed E-state index contributed by atoms with van der Waals surface area (Å²) in [5.74, 6) is -0.445. The molecule has 2 atom stereocenters. The number of hydrogen-bond acceptors (Lipinski definition) is 4. The number of nitrogens with zero attached hydrogens (tertiary/aromatic N) is 1. The minimum Gasteiger partial charge on any atom is -0.383 e. The number of halogens is 1. The fourth-order valence-corrected chi connectivity index (χ4v) is 2.52. The van der Waals surface area contributed by atoms with Crippen molar-refractivity contribution in [3.05, 3.63) is 29.8 Å². The van der Waals surface area contributed by atoms with E-state index in [0.717, 1.165) is 17.7 Å². The van der Waals surface area contributed by atoms with E-state index < -0.39 is 12.1 Å². The summed E-state index contributed by atoms with van der Waals surface area (Å²) in [6.45, 7) is 2.80. The fraction of sp³-hybridized carbons (Fsp3) is 0.500. The van der Waals surface area contributed by atoms with Crippen molar-refractivity contribution in [3.63, 3.8) is 0 Å². The summed E-state index contributed by atoms with van der Waals surface area (Å²) < 4.78 is 4.86. The Morgan fingerprint density at radius 2 is 2.09 bits per heavy atom. The van der Waals surface area contributed by atoms with Gasteiger partial charge >= 0.3 is 0 Å². The van der Waals surface area contributed by atoms with Crippen molar-refractivity contribution >= 4 is 29.9 Å². The normalized spacial score (nSPS) is 19.0. The van der Waals surface area contributed by atoms with Crippen LogP contribution in [-0.2, 0) is 14.3 Å². The molecule has 7 heteroatoms. The molecule has 128 valence electrons. The third-order valence-electron chi connectivity index (χ3n) is 3.78. The highest BCUT2D eigenvalue weighted by atomic mass is 35.5. The molecule has 1 saturated heterocycles. The number of aryl methyl sites for hydroxylation is 1. The molecule has 6 nitrogen and oxygen atoms in total. The largest absolute Gasteiger partial charge is 0.383 e. The Morgan fingerprint density at radius 3 is 2.70 bits per heavy atom. The topological polar surface area (TPSA) is 84.7 Å². The van der Waals surface area contributed by atoms with E-state index in [9.17, 15) is 9.59 Å². The molecule has 2 rings (SSSR count). The summed E-state index contributed by atoms with van der Waals surface area (Å²) in [6, 6.07) is 6.51. The Balaban J connectivity index is 0.00000264. The van der Waals surface area contributed by atoms with Gasteiger partial charge in [-0.3, -0.25) is 9.59 Å². The molecule has 1 aromatic rings. The number of ether oxygens (including phenoxy) is 1. The lowest BCUT2D eigenvalue weighted by Crippen LogP contribution is -2.56. The molecule has 0 aliphatic carbocycles. The van der Waals surface area contributed by atoms with Crippen LogP contribution in [-0.4, -0.2) is 44.2 Å². The van der Waals surface area contributed by atoms with E-state index in [0.29, 0.717) is 13.0 Å². The van der Waals surface area contributed by atoms with Gasteiger partial charge in [-0.05, 0) is 31.9 Å². The molecule has 3 N–H and O–H groups in total. The van der Waals surface area contributed by atoms with E-state index in [2.05, 4.69) is 5.32 Å². The zero-order valence-corrected chi connectivity index (χ0v) is 14.3. The third kappa shape index (κ3) is 4.92. The van der Waals surface area contributed by atoms with Gasteiger partial charge in [0.15, 0.2) is 0 Å². The van der Waals surface area contributed by atoms with Crippen LogP contribution in [0.5, 0.6) is 0 Å². The van der Waals surface area contributed by atoms with Crippen LogP contribution < -0.4 is 16.0 Å². The molecule has 2 unspecified atom stereocenters. The van der Waals surface area contributed by atoms with E-state index in [4.69, 9.17) is 10.5 Å². The average Bonchev–Trinajstić information content (AvgIpc) is 2.50. The van der Waals surface area contributed by atoms with E-state index in [1.807, 2.05) is 31.2 Å². The maximum absolute atomic E-state index is 12.6. The Labute approximate surface area is 142 Å². The van der Waals surface area contributed by atoms with E-state index in [-0.39, 0.29) is 30.8 Å². The molecule has 1 aliphatic heterocycles. The van der Waals surface area contributed by atoms with E-state index >= 15 is 0 Å². The minimum atomic E-state index is -0.757. The average molecular weight is 342 g/mol. The first kappa shape index (κ1) is 19.4. The molecule has 0 bridgehead atoms. The highest BCUT2D eigenvalue weighted by molar-refractivity contribution is 6.00. The molecule has 1 fully saturated rings. The van der Waals surface area contributed by atoms with Crippen LogP contribution in [0.3, 0.4) is 0 Å². The van der Waals surface area contributed by atoms with Crippen molar-refractivity contribution in [3.8, 4) is 0 Å². The highest BCUT2D eigenvalue weighted by Crippen LogP contribution is 2.21. The first-order valence-electron chi connectivity index (χ1n) is 7.46. The lowest BCUT2D eigenvalue weighted by Gasteiger charge is -2.33. The van der Waals surface area contributed by atoms with Gasteiger partial charge in [-0.2, -0.15) is 0 Å². The van der Waals surface area contributed by atoms with Gasteiger partial charge in [0.05, 0.1) is 6.61 Å². The summed E-state index contributed by atoms with van der Waals surface area (Å²) in [5.41, 5.74) is 7.69. The molecule has 0 radical (unpaired) electrons. The van der Waals surface area contributed by atoms with Crippen molar-refractivity contribution < 1.29 is 14.3 Å². The fourth-order valence-electron chi connectivity index (χ4n) is 2.52. The van der Waals surface area contributed by atoms with Gasteiger partial charge < -0.3 is 20.7 Å². The molecule has 23 heavy (non-hydrogen) atoms. The number of methoxy groups -OCH3 is 1. The molecule has 0 saturated carbocycles. The summed E-state index contributed by atoms with van der Waals surface area (Å²) in [4.78, 5) is 26.2. The zero-order valence-electron chi connectivity index (χ0n) is 13.5. The summed E-state index contributed by atoms with van der Waals surface area (Å²) in [7, 11) is 1.48. The lowest BCUT2D eigenvalue weighted by molar-refractivity contribution is -0.129. The number of piperidine rings is 1. The monoisotopic (exact) mass is 341 g/mol. The molecule has 2 amide bonds. The maximum Gasteiger partial charge on any atom is 0.249 e. The Morgan fingerprint density at radius 1 is 1.43 bits per heavy atom. The Kier molecular flexibility index (Phi) is 7.48. The second kappa shape index (κ2) is 8.86. The first-order chi connectivity index (χ1) is 10.5. The molecular formula is C16H24ClN3O3. The minimum absolute atomic E-state index is 0. The quantitative estimate of drug-likeness (QED) is 0.836. The predicted molar refractivity (Wildman–Crippen MR) is 91.8 cm³/mol. The van der Waals surface area contributed by atoms with Crippen LogP contribution in [0.4, 0.5) is 5.69 Å². The van der Waals surface area contributed by atoms with E-state index in [1.54, 1.807) is 4.90 Å². The maximum atomic E-state index is 12.6. The molecular weight excluding hydrogens is 318 g/mol. The second-order valence-electron chi connectivity index (χ2n) is 5.59. The van der Waals surface area contributed by atoms with Crippen molar-refractivity contribution in [2.24, 2.45) is 5.73 Å². The highest BCUT2D eigenvalue weighted by Gasteiger charge is 2.31. The van der Waals surface area contributed by atoms with Crippen LogP contribution >= 0.6 is 12.4 Å². The van der Waals surface area contributed by atoms with Crippen LogP contribution in [0.1, 0.15) is 18.4 Å². The molecule has 0 spiro atoms. The third-order valence-corrected chi connectivity index (χ3v) is 3.78. The number of carbonyl (C=O) groups excluding carboxylic acids is 2. The van der Waals surface area contributed by atoms with Crippen molar-refractivity contribution in [2.75, 3.05) is 25.2 Å². The lowest BCUT2D eigenvalue weighted by atomic mass is 10.0. The molecule has 1 aromatic carbocycles. The summed E-state index contributed by atoms with van der Waals surface area (Å²) >= 11 is 0. The van der Waals surface area contributed by atoms with Crippen molar-refractivity contribution in [2.45, 2.75) is 31.8 Å². The van der Waals surface area contributed by atoms with Gasteiger partial charge in [-0.1, -0.05) is 17.7 Å². The number of anilines is 1. The first-order valence-corrected chi connectivity index (χ1v) is 7.46. The number of nitrogens with two attached hydrogens (primary N) is 1. The summed E-state index contributed by atoms with van der Waals surface area (Å²) in [5, 5.41) is 2.73. The predicted octanol–water partition coefficient (Wildman–Crippen LogP) is 1.00. The molecule has 0 aromatic heterocycles. The van der Waals surface area contributed by atoms with Crippen LogP contribution in [0, 0.1) is 6.92 Å². The number of amides is 2. The van der Waals surface area contributed by atoms with Crippen molar-refractivity contribution in [1.29, 1.82) is 0 Å². The van der Waals surface area contributed by atoms with Crippen LogP contribution in [0.2, 0.25) is 0 Å². The zero-order chi connectivity index (χ0) is 16.1. The van der Waals surface area contributed by atoms with Gasteiger partial charge in [0.1, 0.15) is 12.1 Å². The van der Waals surface area contributed by atoms with E-state index in [1.165, 1.54) is 7.11 Å². The standard InChI is InChI=1S/C16H23N3O3.ClH/c1-11-5-7-12(8-6-11)19-9-3-4-14(16(19)21)18-15(20)13(17)10-22-2;/h5-8,13-14H,3-4,9-10,17H2,1-2H3,(H,18,20);1H. The van der Waals surface area contributed by atoms with Gasteiger partial charge in [0.25, 0.3) is 0 Å². The summed E-state index contributed by atoms with van der Waals surface area (Å²) in [6.07, 6.45) is 1.47. The Bertz CT molecular complexity index is 536. The second-order valence-corrected chi connectivity index (χ2v) is 5.59. The molecule has 1 aliphatic rings. The smallest absolute Gasteiger partial charge is 0.249 e.